The van der Waals surface area contributed by atoms with Crippen molar-refractivity contribution < 1.29 is 14.3 Å². The molecule has 6 heteroatoms. The van der Waals surface area contributed by atoms with E-state index in [4.69, 9.17) is 4.74 Å². The summed E-state index contributed by atoms with van der Waals surface area (Å²) in [5, 5.41) is 0. The Balaban J connectivity index is 1.86. The molecule has 6 nitrogen and oxygen atoms in total. The third-order valence-corrected chi connectivity index (χ3v) is 4.57. The monoisotopic (exact) mass is 297 g/mol. The second-order valence-corrected chi connectivity index (χ2v) is 6.08. The summed E-state index contributed by atoms with van der Waals surface area (Å²) >= 11 is 0. The van der Waals surface area contributed by atoms with Crippen molar-refractivity contribution in [3.8, 4) is 0 Å². The number of carbonyl (C=O) groups is 2. The van der Waals surface area contributed by atoms with Crippen LogP contribution in [0.3, 0.4) is 0 Å². The predicted molar refractivity (Wildman–Crippen MR) is 79.9 cm³/mol. The van der Waals surface area contributed by atoms with Crippen LogP contribution in [0.2, 0.25) is 0 Å². The first-order valence-electron chi connectivity index (χ1n) is 7.87. The highest BCUT2D eigenvalue weighted by Crippen LogP contribution is 2.20. The molecule has 2 aliphatic rings. The van der Waals surface area contributed by atoms with Crippen molar-refractivity contribution in [3.63, 3.8) is 0 Å². The average Bonchev–Trinajstić information content (AvgIpc) is 2.49. The van der Waals surface area contributed by atoms with Gasteiger partial charge in [0.25, 0.3) is 0 Å². The SMILES string of the molecule is COC(=O)CC1CCCCN1CC(=O)N1CCN(C)CC1. The summed E-state index contributed by atoms with van der Waals surface area (Å²) in [4.78, 5) is 30.3. The third kappa shape index (κ3) is 4.68. The van der Waals surface area contributed by atoms with Crippen LogP contribution in [0.15, 0.2) is 0 Å². The van der Waals surface area contributed by atoms with Crippen LogP contribution < -0.4 is 0 Å². The minimum atomic E-state index is -0.182. The van der Waals surface area contributed by atoms with Crippen LogP contribution in [-0.2, 0) is 14.3 Å². The zero-order valence-electron chi connectivity index (χ0n) is 13.2. The van der Waals surface area contributed by atoms with E-state index in [1.54, 1.807) is 0 Å². The van der Waals surface area contributed by atoms with E-state index in [0.717, 1.165) is 52.0 Å². The molecule has 120 valence electrons. The van der Waals surface area contributed by atoms with Crippen LogP contribution in [0.25, 0.3) is 0 Å². The number of esters is 1. The molecule has 0 bridgehead atoms. The molecule has 2 rings (SSSR count). The van der Waals surface area contributed by atoms with E-state index >= 15 is 0 Å². The summed E-state index contributed by atoms with van der Waals surface area (Å²) < 4.78 is 4.77. The fraction of sp³-hybridized carbons (Fsp3) is 0.867. The molecule has 0 N–H and O–H groups in total. The molecule has 0 aliphatic carbocycles. The molecule has 0 aromatic heterocycles. The zero-order chi connectivity index (χ0) is 15.2. The lowest BCUT2D eigenvalue weighted by molar-refractivity contribution is -0.144. The number of piperidine rings is 1. The number of carbonyl (C=O) groups excluding carboxylic acids is 2. The molecule has 0 spiro atoms. The molecule has 2 heterocycles. The van der Waals surface area contributed by atoms with Gasteiger partial charge >= 0.3 is 5.97 Å². The maximum atomic E-state index is 12.4. The maximum absolute atomic E-state index is 12.4. The van der Waals surface area contributed by atoms with Gasteiger partial charge in [-0.2, -0.15) is 0 Å². The Labute approximate surface area is 127 Å². The molecule has 1 amide bonds. The summed E-state index contributed by atoms with van der Waals surface area (Å²) in [5.74, 6) is 0.0128. The highest BCUT2D eigenvalue weighted by atomic mass is 16.5. The van der Waals surface area contributed by atoms with Crippen LogP contribution >= 0.6 is 0 Å². The lowest BCUT2D eigenvalue weighted by Crippen LogP contribution is -2.52. The Morgan fingerprint density at radius 1 is 1.10 bits per heavy atom. The summed E-state index contributed by atoms with van der Waals surface area (Å²) in [7, 11) is 3.50. The van der Waals surface area contributed by atoms with Crippen LogP contribution in [0.5, 0.6) is 0 Å². The van der Waals surface area contributed by atoms with E-state index in [0.29, 0.717) is 13.0 Å². The summed E-state index contributed by atoms with van der Waals surface area (Å²) in [6.45, 7) is 4.84. The molecule has 2 fully saturated rings. The minimum absolute atomic E-state index is 0.155. The molecule has 1 unspecified atom stereocenters. The minimum Gasteiger partial charge on any atom is -0.469 e. The van der Waals surface area contributed by atoms with Crippen molar-refractivity contribution in [1.82, 2.24) is 14.7 Å². The summed E-state index contributed by atoms with van der Waals surface area (Å²) in [6.07, 6.45) is 3.60. The van der Waals surface area contributed by atoms with Gasteiger partial charge in [-0.05, 0) is 26.4 Å². The van der Waals surface area contributed by atoms with E-state index in [9.17, 15) is 9.59 Å². The van der Waals surface area contributed by atoms with E-state index in [1.807, 2.05) is 4.90 Å². The van der Waals surface area contributed by atoms with Gasteiger partial charge in [0.05, 0.1) is 20.1 Å². The molecule has 2 aliphatic heterocycles. The van der Waals surface area contributed by atoms with E-state index < -0.39 is 0 Å². The van der Waals surface area contributed by atoms with Crippen LogP contribution in [0.1, 0.15) is 25.7 Å². The van der Waals surface area contributed by atoms with Crippen molar-refractivity contribution in [1.29, 1.82) is 0 Å². The number of methoxy groups -OCH3 is 1. The first-order valence-corrected chi connectivity index (χ1v) is 7.87. The average molecular weight is 297 g/mol. The van der Waals surface area contributed by atoms with E-state index in [-0.39, 0.29) is 17.9 Å². The molecule has 0 aromatic rings. The Kier molecular flexibility index (Phi) is 5.99. The summed E-state index contributed by atoms with van der Waals surface area (Å²) in [5.41, 5.74) is 0. The quantitative estimate of drug-likeness (QED) is 0.693. The first-order chi connectivity index (χ1) is 10.1. The normalized spacial score (nSPS) is 24.9. The van der Waals surface area contributed by atoms with E-state index in [2.05, 4.69) is 16.8 Å². The summed E-state index contributed by atoms with van der Waals surface area (Å²) in [6, 6.07) is 0.155. The molecule has 0 saturated carbocycles. The van der Waals surface area contributed by atoms with Gasteiger partial charge in [-0.25, -0.2) is 0 Å². The van der Waals surface area contributed by atoms with Gasteiger partial charge < -0.3 is 14.5 Å². The van der Waals surface area contributed by atoms with Crippen molar-refractivity contribution in [2.45, 2.75) is 31.7 Å². The van der Waals surface area contributed by atoms with Gasteiger partial charge in [0, 0.05) is 32.2 Å². The molecule has 0 radical (unpaired) electrons. The number of ether oxygens (including phenoxy) is 1. The second kappa shape index (κ2) is 7.75. The van der Waals surface area contributed by atoms with Gasteiger partial charge in [0.15, 0.2) is 0 Å². The first kappa shape index (κ1) is 16.2. The van der Waals surface area contributed by atoms with Crippen molar-refractivity contribution in [2.24, 2.45) is 0 Å². The number of hydrogen-bond donors (Lipinski definition) is 0. The van der Waals surface area contributed by atoms with Crippen LogP contribution in [0, 0.1) is 0 Å². The van der Waals surface area contributed by atoms with Crippen molar-refractivity contribution >= 4 is 11.9 Å². The Morgan fingerprint density at radius 2 is 1.81 bits per heavy atom. The van der Waals surface area contributed by atoms with Gasteiger partial charge in [-0.3, -0.25) is 14.5 Å². The van der Waals surface area contributed by atoms with Gasteiger partial charge in [0.2, 0.25) is 5.91 Å². The maximum Gasteiger partial charge on any atom is 0.307 e. The van der Waals surface area contributed by atoms with Crippen LogP contribution in [-0.4, -0.2) is 86.0 Å². The zero-order valence-corrected chi connectivity index (χ0v) is 13.2. The Morgan fingerprint density at radius 3 is 2.48 bits per heavy atom. The number of rotatable bonds is 4. The predicted octanol–water partition coefficient (Wildman–Crippen LogP) is 0.178. The smallest absolute Gasteiger partial charge is 0.307 e. The molecular formula is C15H27N3O3. The van der Waals surface area contributed by atoms with Crippen LogP contribution in [0.4, 0.5) is 0 Å². The lowest BCUT2D eigenvalue weighted by Gasteiger charge is -2.38. The molecule has 1 atom stereocenters. The molecule has 2 saturated heterocycles. The fourth-order valence-corrected chi connectivity index (χ4v) is 3.10. The van der Waals surface area contributed by atoms with E-state index in [1.165, 1.54) is 7.11 Å². The highest BCUT2D eigenvalue weighted by Gasteiger charge is 2.28. The molecule has 21 heavy (non-hydrogen) atoms. The molecular weight excluding hydrogens is 270 g/mol. The fourth-order valence-electron chi connectivity index (χ4n) is 3.10. The third-order valence-electron chi connectivity index (χ3n) is 4.57. The molecule has 0 aromatic carbocycles. The van der Waals surface area contributed by atoms with Gasteiger partial charge in [-0.15, -0.1) is 0 Å². The number of likely N-dealkylation sites (N-methyl/N-ethyl adjacent to an activating group) is 1. The second-order valence-electron chi connectivity index (χ2n) is 6.08. The van der Waals surface area contributed by atoms with Gasteiger partial charge in [0.1, 0.15) is 0 Å². The number of nitrogens with zero attached hydrogens (tertiary/aromatic N) is 3. The number of hydrogen-bond acceptors (Lipinski definition) is 5. The lowest BCUT2D eigenvalue weighted by atomic mass is 9.99. The highest BCUT2D eigenvalue weighted by molar-refractivity contribution is 5.78. The Bertz CT molecular complexity index is 367. The Hall–Kier alpha value is -1.14. The topological polar surface area (TPSA) is 53.1 Å². The largest absolute Gasteiger partial charge is 0.469 e. The standard InChI is InChI=1S/C15H27N3O3/c1-16-7-9-17(10-8-16)14(19)12-18-6-4-3-5-13(18)11-15(20)21-2/h13H,3-12H2,1-2H3. The number of piperazine rings is 1. The number of likely N-dealkylation sites (tertiary alicyclic amines) is 1. The van der Waals surface area contributed by atoms with Crippen molar-refractivity contribution in [2.75, 3.05) is 53.4 Å². The number of amides is 1. The van der Waals surface area contributed by atoms with Crippen molar-refractivity contribution in [3.05, 3.63) is 0 Å². The van der Waals surface area contributed by atoms with Gasteiger partial charge in [-0.1, -0.05) is 6.42 Å².